The molecule has 0 aromatic carbocycles. The van der Waals surface area contributed by atoms with E-state index in [1.165, 1.54) is 6.26 Å². The summed E-state index contributed by atoms with van der Waals surface area (Å²) >= 11 is 0. The van der Waals surface area contributed by atoms with E-state index >= 15 is 0 Å². The summed E-state index contributed by atoms with van der Waals surface area (Å²) in [6.45, 7) is 13.8. The van der Waals surface area contributed by atoms with Gasteiger partial charge in [0.25, 0.3) is 0 Å². The van der Waals surface area contributed by atoms with Crippen LogP contribution in [0.4, 0.5) is 0 Å². The molecule has 1 rings (SSSR count). The highest BCUT2D eigenvalue weighted by atomic mass is 32.2. The predicted octanol–water partition coefficient (Wildman–Crippen LogP) is 0.969. The molecule has 0 amide bonds. The Hall–Kier alpha value is -0.860. The average Bonchev–Trinajstić information content (AvgIpc) is 2.52. The van der Waals surface area contributed by atoms with E-state index in [0.29, 0.717) is 25.4 Å². The average molecular weight is 391 g/mol. The van der Waals surface area contributed by atoms with Crippen LogP contribution >= 0.6 is 0 Å². The molecule has 1 atom stereocenters. The Kier molecular flexibility index (Phi) is 9.33. The Morgan fingerprint density at radius 3 is 2.62 bits per heavy atom. The van der Waals surface area contributed by atoms with Gasteiger partial charge in [-0.3, -0.25) is 9.89 Å². The van der Waals surface area contributed by atoms with Crippen molar-refractivity contribution in [2.24, 2.45) is 16.3 Å². The van der Waals surface area contributed by atoms with Gasteiger partial charge in [-0.25, -0.2) is 8.42 Å². The van der Waals surface area contributed by atoms with Gasteiger partial charge in [0.2, 0.25) is 0 Å². The summed E-state index contributed by atoms with van der Waals surface area (Å²) in [4.78, 5) is 6.71. The summed E-state index contributed by atoms with van der Waals surface area (Å²) in [7, 11) is -1.19. The number of rotatable bonds is 9. The van der Waals surface area contributed by atoms with Crippen LogP contribution in [0.15, 0.2) is 4.99 Å². The molecular formula is C18H38N4O3S. The number of hydrogen-bond acceptors (Lipinski definition) is 5. The maximum atomic E-state index is 11.4. The van der Waals surface area contributed by atoms with Crippen molar-refractivity contribution in [3.63, 3.8) is 0 Å². The van der Waals surface area contributed by atoms with Crippen LogP contribution in [0.1, 0.15) is 34.1 Å². The Morgan fingerprint density at radius 1 is 1.35 bits per heavy atom. The summed E-state index contributed by atoms with van der Waals surface area (Å²) < 4.78 is 28.6. The van der Waals surface area contributed by atoms with Gasteiger partial charge in [-0.1, -0.05) is 27.7 Å². The Morgan fingerprint density at radius 2 is 2.04 bits per heavy atom. The largest absolute Gasteiger partial charge is 0.374 e. The van der Waals surface area contributed by atoms with Crippen LogP contribution in [0, 0.1) is 11.3 Å². The predicted molar refractivity (Wildman–Crippen MR) is 108 cm³/mol. The van der Waals surface area contributed by atoms with Crippen LogP contribution in [0.25, 0.3) is 0 Å². The Balaban J connectivity index is 2.38. The first-order valence-corrected chi connectivity index (χ1v) is 11.5. The third kappa shape index (κ3) is 10.3. The summed E-state index contributed by atoms with van der Waals surface area (Å²) in [5.41, 5.74) is -0.129. The smallest absolute Gasteiger partial charge is 0.191 e. The van der Waals surface area contributed by atoms with Crippen LogP contribution < -0.4 is 10.6 Å². The van der Waals surface area contributed by atoms with Gasteiger partial charge < -0.3 is 15.4 Å². The molecule has 154 valence electrons. The first kappa shape index (κ1) is 23.2. The van der Waals surface area contributed by atoms with Crippen molar-refractivity contribution in [3.05, 3.63) is 0 Å². The molecule has 2 N–H and O–H groups in total. The summed E-state index contributed by atoms with van der Waals surface area (Å²) in [5, 5.41) is 6.63. The lowest BCUT2D eigenvalue weighted by atomic mass is 9.90. The van der Waals surface area contributed by atoms with E-state index in [0.717, 1.165) is 32.2 Å². The number of morpholine rings is 1. The molecule has 0 spiro atoms. The van der Waals surface area contributed by atoms with Gasteiger partial charge in [-0.2, -0.15) is 0 Å². The van der Waals surface area contributed by atoms with Crippen molar-refractivity contribution >= 4 is 15.8 Å². The summed E-state index contributed by atoms with van der Waals surface area (Å²) in [5.74, 6) is 1.59. The van der Waals surface area contributed by atoms with Crippen molar-refractivity contribution in [2.45, 2.75) is 40.2 Å². The molecule has 1 heterocycles. The fourth-order valence-corrected chi connectivity index (χ4v) is 3.81. The van der Waals surface area contributed by atoms with E-state index in [9.17, 15) is 8.42 Å². The normalized spacial score (nSPS) is 20.4. The maximum Gasteiger partial charge on any atom is 0.191 e. The van der Waals surface area contributed by atoms with E-state index in [-0.39, 0.29) is 17.3 Å². The van der Waals surface area contributed by atoms with E-state index in [1.807, 2.05) is 0 Å². The third-order valence-electron chi connectivity index (χ3n) is 4.45. The zero-order valence-electron chi connectivity index (χ0n) is 17.3. The highest BCUT2D eigenvalue weighted by molar-refractivity contribution is 7.90. The fraction of sp³-hybridized carbons (Fsp3) is 0.944. The van der Waals surface area contributed by atoms with Crippen molar-refractivity contribution in [2.75, 3.05) is 58.4 Å². The van der Waals surface area contributed by atoms with Crippen LogP contribution in [-0.4, -0.2) is 83.8 Å². The standard InChI is InChI=1S/C18H38N4O3S/c1-15(2)12-22-8-9-25-16(13-22)11-20-17(19-5)21-14-18(3,4)7-10-26(6,23)24/h15-16H,7-14H2,1-6H3,(H2,19,20,21). The highest BCUT2D eigenvalue weighted by Crippen LogP contribution is 2.19. The van der Waals surface area contributed by atoms with Crippen molar-refractivity contribution in [1.82, 2.24) is 15.5 Å². The quantitative estimate of drug-likeness (QED) is 0.451. The summed E-state index contributed by atoms with van der Waals surface area (Å²) in [6.07, 6.45) is 2.05. The van der Waals surface area contributed by atoms with Crippen molar-refractivity contribution < 1.29 is 13.2 Å². The lowest BCUT2D eigenvalue weighted by Gasteiger charge is -2.34. The zero-order valence-corrected chi connectivity index (χ0v) is 18.2. The molecule has 8 heteroatoms. The van der Waals surface area contributed by atoms with E-state index in [2.05, 4.69) is 48.2 Å². The van der Waals surface area contributed by atoms with Gasteiger partial charge in [-0.15, -0.1) is 0 Å². The van der Waals surface area contributed by atoms with Gasteiger partial charge in [0.15, 0.2) is 5.96 Å². The molecule has 0 radical (unpaired) electrons. The summed E-state index contributed by atoms with van der Waals surface area (Å²) in [6, 6.07) is 0. The minimum Gasteiger partial charge on any atom is -0.374 e. The lowest BCUT2D eigenvalue weighted by Crippen LogP contribution is -2.50. The van der Waals surface area contributed by atoms with Crippen molar-refractivity contribution in [3.8, 4) is 0 Å². The number of sulfone groups is 1. The van der Waals surface area contributed by atoms with Crippen LogP contribution in [0.2, 0.25) is 0 Å². The topological polar surface area (TPSA) is 83.0 Å². The van der Waals surface area contributed by atoms with Crippen LogP contribution in [0.3, 0.4) is 0 Å². The number of hydrogen-bond donors (Lipinski definition) is 2. The van der Waals surface area contributed by atoms with Crippen LogP contribution in [-0.2, 0) is 14.6 Å². The van der Waals surface area contributed by atoms with Gasteiger partial charge in [0.05, 0.1) is 18.5 Å². The number of aliphatic imine (C=N–C) groups is 1. The molecule has 0 aromatic heterocycles. The SMILES string of the molecule is CN=C(NCC1CN(CC(C)C)CCO1)NCC(C)(C)CCS(C)(=O)=O. The first-order valence-electron chi connectivity index (χ1n) is 9.47. The minimum atomic E-state index is -2.94. The number of nitrogens with zero attached hydrogens (tertiary/aromatic N) is 2. The molecule has 26 heavy (non-hydrogen) atoms. The molecule has 1 fully saturated rings. The van der Waals surface area contributed by atoms with Crippen molar-refractivity contribution in [1.29, 1.82) is 0 Å². The molecule has 1 unspecified atom stereocenters. The minimum absolute atomic E-state index is 0.129. The van der Waals surface area contributed by atoms with Gasteiger partial charge in [-0.05, 0) is 17.8 Å². The molecule has 0 aromatic rings. The molecule has 0 aliphatic carbocycles. The third-order valence-corrected chi connectivity index (χ3v) is 5.40. The molecule has 0 bridgehead atoms. The van der Waals surface area contributed by atoms with E-state index in [1.54, 1.807) is 7.05 Å². The van der Waals surface area contributed by atoms with Crippen LogP contribution in [0.5, 0.6) is 0 Å². The molecule has 7 nitrogen and oxygen atoms in total. The molecule has 1 aliphatic heterocycles. The molecule has 1 aliphatic rings. The second-order valence-corrected chi connectivity index (χ2v) is 10.8. The number of guanidine groups is 1. The zero-order chi connectivity index (χ0) is 19.8. The fourth-order valence-electron chi connectivity index (χ4n) is 2.89. The van der Waals surface area contributed by atoms with E-state index < -0.39 is 9.84 Å². The monoisotopic (exact) mass is 390 g/mol. The molecular weight excluding hydrogens is 352 g/mol. The van der Waals surface area contributed by atoms with Gasteiger partial charge in [0.1, 0.15) is 9.84 Å². The Labute approximate surface area is 159 Å². The second-order valence-electron chi connectivity index (χ2n) is 8.50. The molecule has 1 saturated heterocycles. The molecule has 0 saturated carbocycles. The lowest BCUT2D eigenvalue weighted by molar-refractivity contribution is -0.0284. The first-order chi connectivity index (χ1) is 12.0. The number of ether oxygens (including phenoxy) is 1. The highest BCUT2D eigenvalue weighted by Gasteiger charge is 2.23. The Bertz CT molecular complexity index is 547. The van der Waals surface area contributed by atoms with Gasteiger partial charge in [0, 0.05) is 46.0 Å². The van der Waals surface area contributed by atoms with Gasteiger partial charge >= 0.3 is 0 Å². The van der Waals surface area contributed by atoms with E-state index in [4.69, 9.17) is 4.74 Å². The maximum absolute atomic E-state index is 11.4. The number of nitrogens with one attached hydrogen (secondary N) is 2. The second kappa shape index (κ2) is 10.5.